The molecule has 0 radical (unpaired) electrons. The molecule has 0 fully saturated rings. The van der Waals surface area contributed by atoms with Gasteiger partial charge in [0.1, 0.15) is 5.54 Å². The van der Waals surface area contributed by atoms with Crippen molar-refractivity contribution in [2.75, 3.05) is 6.16 Å². The van der Waals surface area contributed by atoms with Gasteiger partial charge in [0.15, 0.2) is 0 Å². The van der Waals surface area contributed by atoms with Crippen LogP contribution in [0.1, 0.15) is 13.3 Å². The maximum atomic E-state index is 10.3. The Morgan fingerprint density at radius 3 is 2.36 bits per heavy atom. The minimum absolute atomic E-state index is 0.0545. The molecule has 0 saturated heterocycles. The van der Waals surface area contributed by atoms with Crippen LogP contribution in [0.2, 0.25) is 0 Å². The largest absolute Gasteiger partial charge is 0.480 e. The van der Waals surface area contributed by atoms with Crippen LogP contribution in [0.15, 0.2) is 0 Å². The number of rotatable bonds is 4. The number of carboxylic acid groups (broad SMARTS) is 1. The third-order valence-corrected chi connectivity index (χ3v) is 1.89. The normalized spacial score (nSPS) is 15.5. The quantitative estimate of drug-likeness (QED) is 0.607. The van der Waals surface area contributed by atoms with E-state index in [0.29, 0.717) is 0 Å². The molecule has 0 amide bonds. The van der Waals surface area contributed by atoms with E-state index in [2.05, 4.69) is 0 Å². The monoisotopic (exact) mass is 179 g/mol. The van der Waals surface area contributed by atoms with Crippen LogP contribution in [0.25, 0.3) is 0 Å². The van der Waals surface area contributed by atoms with Crippen LogP contribution < -0.4 is 5.73 Å². The van der Waals surface area contributed by atoms with Gasteiger partial charge in [-0.2, -0.15) is 0 Å². The maximum absolute atomic E-state index is 10.3. The van der Waals surface area contributed by atoms with E-state index in [0.717, 1.165) is 0 Å². The van der Waals surface area contributed by atoms with Crippen LogP contribution in [0.4, 0.5) is 0 Å². The molecule has 0 bridgehead atoms. The second-order valence-electron chi connectivity index (χ2n) is 2.53. The molecule has 0 aliphatic carbocycles. The van der Waals surface area contributed by atoms with Gasteiger partial charge in [0.2, 0.25) is 0 Å². The Labute approximate surface area is 64.4 Å². The van der Waals surface area contributed by atoms with Gasteiger partial charge in [-0.1, -0.05) is 0 Å². The molecule has 0 unspecified atom stereocenters. The number of carbonyl (C=O) groups is 1. The molecule has 0 aromatic carbocycles. The molecule has 0 spiro atoms. The summed E-state index contributed by atoms with van der Waals surface area (Å²) in [6, 6.07) is 0. The zero-order valence-electron chi connectivity index (χ0n) is 6.11. The van der Waals surface area contributed by atoms with Gasteiger partial charge < -0.3 is 10.8 Å². The maximum Gasteiger partial charge on any atom is 0.323 e. The lowest BCUT2D eigenvalue weighted by Crippen LogP contribution is -2.45. The van der Waals surface area contributed by atoms with Crippen molar-refractivity contribution in [1.82, 2.24) is 0 Å². The van der Waals surface area contributed by atoms with E-state index in [1.165, 1.54) is 6.92 Å². The number of nitrogens with two attached hydrogens (primary N) is 1. The summed E-state index contributed by atoms with van der Waals surface area (Å²) in [5.74, 6) is -1.19. The summed E-state index contributed by atoms with van der Waals surface area (Å²) in [4.78, 5) is 10.3. The van der Waals surface area contributed by atoms with Gasteiger partial charge in [0, 0.05) is 0 Å². The van der Waals surface area contributed by atoms with Crippen LogP contribution >= 0.6 is 7.68 Å². The summed E-state index contributed by atoms with van der Waals surface area (Å²) >= 11 is 0. The predicted molar refractivity (Wildman–Crippen MR) is 38.0 cm³/mol. The predicted octanol–water partition coefficient (Wildman–Crippen LogP) is 0.351. The number of hydrogen-bond donors (Lipinski definition) is 2. The topological polar surface area (TPSA) is 97.5 Å². The van der Waals surface area contributed by atoms with E-state index in [-0.39, 0.29) is 12.6 Å². The van der Waals surface area contributed by atoms with Crippen LogP contribution in [0.5, 0.6) is 0 Å². The van der Waals surface area contributed by atoms with Crippen molar-refractivity contribution in [2.45, 2.75) is 18.9 Å². The van der Waals surface area contributed by atoms with E-state index in [9.17, 15) is 13.9 Å². The molecule has 0 rings (SSSR count). The van der Waals surface area contributed by atoms with Crippen LogP contribution in [-0.2, 0) is 13.9 Å². The molecule has 0 aromatic rings. The summed E-state index contributed by atoms with van der Waals surface area (Å²) in [6.07, 6.45) is -0.240. The highest BCUT2D eigenvalue weighted by Crippen LogP contribution is 2.13. The van der Waals surface area contributed by atoms with Crippen molar-refractivity contribution in [3.8, 4) is 0 Å². The van der Waals surface area contributed by atoms with E-state index in [1.807, 2.05) is 0 Å². The van der Waals surface area contributed by atoms with Gasteiger partial charge in [0.05, 0.1) is 6.16 Å². The molecule has 6 heteroatoms. The lowest BCUT2D eigenvalue weighted by atomic mass is 10.0. The molecule has 0 saturated carbocycles. The van der Waals surface area contributed by atoms with Crippen molar-refractivity contribution in [2.24, 2.45) is 5.73 Å². The standard InChI is InChI=1S/C5H10NO4P/c1-5(6,4(7)8)2-3-11(9)10/h2-3,6H2,1H3,(H,7,8)/t5-/m0/s1. The van der Waals surface area contributed by atoms with Crippen molar-refractivity contribution >= 4 is 13.6 Å². The van der Waals surface area contributed by atoms with Crippen molar-refractivity contribution in [3.05, 3.63) is 0 Å². The zero-order valence-corrected chi connectivity index (χ0v) is 7.01. The van der Waals surface area contributed by atoms with Gasteiger partial charge in [-0.05, 0) is 13.3 Å². The summed E-state index contributed by atoms with van der Waals surface area (Å²) in [6.45, 7) is 1.29. The molecule has 0 heterocycles. The average Bonchev–Trinajstić information content (AvgIpc) is 1.84. The molecule has 1 atom stereocenters. The highest BCUT2D eigenvalue weighted by molar-refractivity contribution is 7.30. The summed E-state index contributed by atoms with van der Waals surface area (Å²) in [5, 5.41) is 8.43. The Kier molecular flexibility index (Phi) is 3.42. The Balaban J connectivity index is 4.02. The summed E-state index contributed by atoms with van der Waals surface area (Å²) < 4.78 is 20.1. The lowest BCUT2D eigenvalue weighted by molar-refractivity contribution is -0.142. The fraction of sp³-hybridized carbons (Fsp3) is 0.800. The second kappa shape index (κ2) is 3.64. The van der Waals surface area contributed by atoms with Crippen LogP contribution in [-0.4, -0.2) is 22.8 Å². The molecule has 3 N–H and O–H groups in total. The molecule has 0 aliphatic heterocycles. The Morgan fingerprint density at radius 1 is 1.64 bits per heavy atom. The average molecular weight is 179 g/mol. The fourth-order valence-electron chi connectivity index (χ4n) is 0.430. The van der Waals surface area contributed by atoms with Crippen molar-refractivity contribution < 1.29 is 19.0 Å². The number of hydrogen-bond acceptors (Lipinski definition) is 4. The van der Waals surface area contributed by atoms with Gasteiger partial charge in [0.25, 0.3) is 0 Å². The van der Waals surface area contributed by atoms with Crippen molar-refractivity contribution in [3.63, 3.8) is 0 Å². The molecular weight excluding hydrogens is 169 g/mol. The SMILES string of the molecule is C[C@](N)(CCP(=O)=O)C(=O)O. The number of aliphatic carboxylic acids is 1. The van der Waals surface area contributed by atoms with Crippen molar-refractivity contribution in [1.29, 1.82) is 0 Å². The Bertz CT molecular complexity index is 213. The highest BCUT2D eigenvalue weighted by atomic mass is 31.1. The van der Waals surface area contributed by atoms with Gasteiger partial charge in [-0.25, -0.2) is 9.13 Å². The third kappa shape index (κ3) is 3.91. The molecule has 64 valence electrons. The first kappa shape index (κ1) is 10.3. The molecular formula is C5H10NO4P. The van der Waals surface area contributed by atoms with E-state index < -0.39 is 19.2 Å². The van der Waals surface area contributed by atoms with Gasteiger partial charge in [-0.15, -0.1) is 0 Å². The minimum atomic E-state index is -2.53. The Hall–Kier alpha value is -0.670. The fourth-order valence-corrected chi connectivity index (χ4v) is 1.08. The smallest absolute Gasteiger partial charge is 0.323 e. The molecule has 5 nitrogen and oxygen atoms in total. The van der Waals surface area contributed by atoms with Gasteiger partial charge in [-0.3, -0.25) is 4.79 Å². The Morgan fingerprint density at radius 2 is 2.09 bits per heavy atom. The third-order valence-electron chi connectivity index (χ3n) is 1.30. The molecule has 11 heavy (non-hydrogen) atoms. The van der Waals surface area contributed by atoms with Gasteiger partial charge >= 0.3 is 13.6 Å². The highest BCUT2D eigenvalue weighted by Gasteiger charge is 2.27. The molecule has 0 aromatic heterocycles. The van der Waals surface area contributed by atoms with Crippen LogP contribution in [0.3, 0.4) is 0 Å². The first-order valence-electron chi connectivity index (χ1n) is 3.00. The minimum Gasteiger partial charge on any atom is -0.480 e. The first-order chi connectivity index (χ1) is 4.86. The zero-order chi connectivity index (χ0) is 9.07. The number of carboxylic acids is 1. The molecule has 0 aliphatic rings. The first-order valence-corrected chi connectivity index (χ1v) is 4.36. The second-order valence-corrected chi connectivity index (χ2v) is 3.64. The summed E-state index contributed by atoms with van der Waals surface area (Å²) in [7, 11) is -2.53. The van der Waals surface area contributed by atoms with E-state index in [1.54, 1.807) is 0 Å². The van der Waals surface area contributed by atoms with E-state index in [4.69, 9.17) is 10.8 Å². The summed E-state index contributed by atoms with van der Waals surface area (Å²) in [5.41, 5.74) is 3.81. The van der Waals surface area contributed by atoms with Crippen LogP contribution in [0, 0.1) is 0 Å². The lowest BCUT2D eigenvalue weighted by Gasteiger charge is -2.16. The van der Waals surface area contributed by atoms with E-state index >= 15 is 0 Å².